The van der Waals surface area contributed by atoms with Gasteiger partial charge in [-0.1, -0.05) is 11.6 Å². The minimum atomic E-state index is -3.93. The summed E-state index contributed by atoms with van der Waals surface area (Å²) in [6.07, 6.45) is 1.35. The maximum Gasteiger partial charge on any atom is 0.339 e. The van der Waals surface area contributed by atoms with E-state index in [1.807, 2.05) is 0 Å². The van der Waals surface area contributed by atoms with Crippen LogP contribution in [0.1, 0.15) is 17.3 Å². The van der Waals surface area contributed by atoms with Gasteiger partial charge in [-0.25, -0.2) is 22.5 Å². The number of sulfonamides is 1. The van der Waals surface area contributed by atoms with Crippen LogP contribution >= 0.6 is 11.6 Å². The summed E-state index contributed by atoms with van der Waals surface area (Å²) >= 11 is 5.76. The van der Waals surface area contributed by atoms with Crippen LogP contribution in [0.25, 0.3) is 0 Å². The van der Waals surface area contributed by atoms with Crippen molar-refractivity contribution in [2.24, 2.45) is 0 Å². The second kappa shape index (κ2) is 6.33. The van der Waals surface area contributed by atoms with Gasteiger partial charge in [0.05, 0.1) is 4.90 Å². The number of anilines is 1. The summed E-state index contributed by atoms with van der Waals surface area (Å²) in [5.41, 5.74) is -0.179. The molecule has 0 saturated carbocycles. The van der Waals surface area contributed by atoms with Crippen molar-refractivity contribution in [3.8, 4) is 0 Å². The number of carboxylic acids is 1. The lowest BCUT2D eigenvalue weighted by atomic mass is 10.2. The molecule has 0 aliphatic rings. The van der Waals surface area contributed by atoms with Gasteiger partial charge in [0.15, 0.2) is 5.82 Å². The molecule has 0 atom stereocenters. The van der Waals surface area contributed by atoms with Crippen molar-refractivity contribution in [2.75, 3.05) is 10.8 Å². The Morgan fingerprint density at radius 2 is 1.91 bits per heavy atom. The van der Waals surface area contributed by atoms with E-state index < -0.39 is 16.0 Å². The van der Waals surface area contributed by atoms with Crippen molar-refractivity contribution in [2.45, 2.75) is 11.8 Å². The maximum absolute atomic E-state index is 12.7. The van der Waals surface area contributed by atoms with Crippen LogP contribution in [0.15, 0.2) is 47.5 Å². The SMILES string of the molecule is CCN(c1ncccc1C(=O)O)S(=O)(=O)c1ccc(Cl)cc1. The Bertz CT molecular complexity index is 791. The molecule has 2 rings (SSSR count). The molecule has 0 bridgehead atoms. The monoisotopic (exact) mass is 340 g/mol. The number of rotatable bonds is 5. The number of aromatic carboxylic acids is 1. The standard InChI is InChI=1S/C14H13ClN2O4S/c1-2-17(13-12(14(18)19)4-3-9-16-13)22(20,21)11-7-5-10(15)6-8-11/h3-9H,2H2,1H3,(H,18,19). The molecule has 6 nitrogen and oxygen atoms in total. The average Bonchev–Trinajstić information content (AvgIpc) is 2.48. The van der Waals surface area contributed by atoms with E-state index in [4.69, 9.17) is 11.6 Å². The van der Waals surface area contributed by atoms with Crippen LogP contribution in [0.3, 0.4) is 0 Å². The Morgan fingerprint density at radius 1 is 1.27 bits per heavy atom. The van der Waals surface area contributed by atoms with E-state index in [2.05, 4.69) is 4.98 Å². The smallest absolute Gasteiger partial charge is 0.339 e. The third-order valence-corrected chi connectivity index (χ3v) is 5.07. The van der Waals surface area contributed by atoms with Crippen LogP contribution in [0.4, 0.5) is 5.82 Å². The highest BCUT2D eigenvalue weighted by Crippen LogP contribution is 2.25. The first-order valence-electron chi connectivity index (χ1n) is 6.34. The molecule has 0 unspecified atom stereocenters. The zero-order valence-corrected chi connectivity index (χ0v) is 13.2. The van der Waals surface area contributed by atoms with Crippen LogP contribution in [0.2, 0.25) is 5.02 Å². The summed E-state index contributed by atoms with van der Waals surface area (Å²) in [6, 6.07) is 8.39. The molecule has 0 fully saturated rings. The number of carboxylic acid groups (broad SMARTS) is 1. The summed E-state index contributed by atoms with van der Waals surface area (Å²) in [5, 5.41) is 9.61. The predicted octanol–water partition coefficient (Wildman–Crippen LogP) is 2.65. The van der Waals surface area contributed by atoms with Crippen molar-refractivity contribution < 1.29 is 18.3 Å². The molecular weight excluding hydrogens is 328 g/mol. The van der Waals surface area contributed by atoms with Gasteiger partial charge in [-0.2, -0.15) is 0 Å². The van der Waals surface area contributed by atoms with E-state index in [0.29, 0.717) is 5.02 Å². The molecule has 1 aromatic carbocycles. The van der Waals surface area contributed by atoms with Gasteiger partial charge in [0.2, 0.25) is 0 Å². The molecule has 22 heavy (non-hydrogen) atoms. The maximum atomic E-state index is 12.7. The Balaban J connectivity index is 2.57. The van der Waals surface area contributed by atoms with Crippen LogP contribution < -0.4 is 4.31 Å². The normalized spacial score (nSPS) is 11.2. The summed E-state index contributed by atoms with van der Waals surface area (Å²) in [6.45, 7) is 1.65. The molecule has 0 spiro atoms. The predicted molar refractivity (Wildman–Crippen MR) is 82.9 cm³/mol. The molecule has 1 N–H and O–H groups in total. The number of aromatic nitrogens is 1. The Morgan fingerprint density at radius 3 is 2.45 bits per heavy atom. The second-order valence-electron chi connectivity index (χ2n) is 4.30. The van der Waals surface area contributed by atoms with Gasteiger partial charge in [0.1, 0.15) is 5.56 Å². The summed E-state index contributed by atoms with van der Waals surface area (Å²) in [4.78, 5) is 15.2. The quantitative estimate of drug-likeness (QED) is 0.904. The van der Waals surface area contributed by atoms with Crippen LogP contribution in [0, 0.1) is 0 Å². The van der Waals surface area contributed by atoms with Crippen molar-refractivity contribution >= 4 is 33.4 Å². The Kier molecular flexibility index (Phi) is 4.68. The highest BCUT2D eigenvalue weighted by atomic mass is 35.5. The van der Waals surface area contributed by atoms with E-state index in [1.165, 1.54) is 42.6 Å². The van der Waals surface area contributed by atoms with Crippen LogP contribution in [-0.2, 0) is 10.0 Å². The van der Waals surface area contributed by atoms with Crippen molar-refractivity contribution in [1.29, 1.82) is 0 Å². The lowest BCUT2D eigenvalue weighted by Crippen LogP contribution is -2.32. The fraction of sp³-hybridized carbons (Fsp3) is 0.143. The number of pyridine rings is 1. The second-order valence-corrected chi connectivity index (χ2v) is 6.60. The molecule has 0 saturated heterocycles. The molecule has 1 aromatic heterocycles. The van der Waals surface area contributed by atoms with E-state index in [0.717, 1.165) is 4.31 Å². The van der Waals surface area contributed by atoms with E-state index >= 15 is 0 Å². The molecule has 0 amide bonds. The van der Waals surface area contributed by atoms with Crippen molar-refractivity contribution in [3.05, 3.63) is 53.2 Å². The molecule has 0 aliphatic carbocycles. The third kappa shape index (κ3) is 3.05. The molecular formula is C14H13ClN2O4S. The summed E-state index contributed by atoms with van der Waals surface area (Å²) in [5.74, 6) is -1.36. The zero-order chi connectivity index (χ0) is 16.3. The number of nitrogens with zero attached hydrogens (tertiary/aromatic N) is 2. The first-order chi connectivity index (χ1) is 10.4. The van der Waals surface area contributed by atoms with Crippen molar-refractivity contribution in [3.63, 3.8) is 0 Å². The van der Waals surface area contributed by atoms with Gasteiger partial charge >= 0.3 is 5.97 Å². The van der Waals surface area contributed by atoms with E-state index in [-0.39, 0.29) is 22.8 Å². The minimum Gasteiger partial charge on any atom is -0.478 e. The topological polar surface area (TPSA) is 87.6 Å². The average molecular weight is 341 g/mol. The van der Waals surface area contributed by atoms with E-state index in [1.54, 1.807) is 6.92 Å². The van der Waals surface area contributed by atoms with Gasteiger partial charge in [0, 0.05) is 17.8 Å². The number of hydrogen-bond donors (Lipinski definition) is 1. The number of carbonyl (C=O) groups is 1. The highest BCUT2D eigenvalue weighted by Gasteiger charge is 2.28. The first kappa shape index (κ1) is 16.3. The van der Waals surface area contributed by atoms with Gasteiger partial charge < -0.3 is 5.11 Å². The minimum absolute atomic E-state index is 0.0146. The highest BCUT2D eigenvalue weighted by molar-refractivity contribution is 7.92. The number of halogens is 1. The summed E-state index contributed by atoms with van der Waals surface area (Å²) < 4.78 is 26.4. The van der Waals surface area contributed by atoms with Gasteiger partial charge in [-0.3, -0.25) is 0 Å². The Hall–Kier alpha value is -2.12. The number of hydrogen-bond acceptors (Lipinski definition) is 4. The lowest BCUT2D eigenvalue weighted by molar-refractivity contribution is 0.0697. The molecule has 8 heteroatoms. The van der Waals surface area contributed by atoms with Gasteiger partial charge in [-0.15, -0.1) is 0 Å². The Labute approximate surface area is 133 Å². The van der Waals surface area contributed by atoms with Gasteiger partial charge in [0.25, 0.3) is 10.0 Å². The summed E-state index contributed by atoms with van der Waals surface area (Å²) in [7, 11) is -3.93. The molecule has 0 radical (unpaired) electrons. The third-order valence-electron chi connectivity index (χ3n) is 2.94. The molecule has 1 heterocycles. The van der Waals surface area contributed by atoms with E-state index in [9.17, 15) is 18.3 Å². The lowest BCUT2D eigenvalue weighted by Gasteiger charge is -2.23. The van der Waals surface area contributed by atoms with Crippen LogP contribution in [0.5, 0.6) is 0 Å². The van der Waals surface area contributed by atoms with Crippen LogP contribution in [-0.4, -0.2) is 31.0 Å². The largest absolute Gasteiger partial charge is 0.478 e. The number of benzene rings is 1. The fourth-order valence-electron chi connectivity index (χ4n) is 1.93. The molecule has 2 aromatic rings. The van der Waals surface area contributed by atoms with Crippen molar-refractivity contribution in [1.82, 2.24) is 4.98 Å². The van der Waals surface area contributed by atoms with Gasteiger partial charge in [-0.05, 0) is 43.3 Å². The molecule has 116 valence electrons. The molecule has 0 aliphatic heterocycles. The fourth-order valence-corrected chi connectivity index (χ4v) is 3.50. The first-order valence-corrected chi connectivity index (χ1v) is 8.16. The zero-order valence-electron chi connectivity index (χ0n) is 11.6.